The van der Waals surface area contributed by atoms with E-state index in [1.54, 1.807) is 13.8 Å². The van der Waals surface area contributed by atoms with Crippen LogP contribution >= 0.6 is 0 Å². The highest BCUT2D eigenvalue weighted by Gasteiger charge is 2.18. The number of amides is 1. The van der Waals surface area contributed by atoms with E-state index in [4.69, 9.17) is 5.73 Å². The van der Waals surface area contributed by atoms with Crippen LogP contribution in [0, 0.1) is 0 Å². The molecular weight excluding hydrogens is 266 g/mol. The number of sulfonamides is 1. The van der Waals surface area contributed by atoms with E-state index < -0.39 is 15.6 Å². The summed E-state index contributed by atoms with van der Waals surface area (Å²) in [5, 5.41) is 2.46. The maximum absolute atomic E-state index is 12.0. The molecule has 0 fully saturated rings. The fraction of sp³-hybridized carbons (Fsp3) is 0.417. The number of hydrogen-bond donors (Lipinski definition) is 3. The number of rotatable bonds is 5. The Labute approximate surface area is 113 Å². The topological polar surface area (TPSA) is 101 Å². The highest BCUT2D eigenvalue weighted by Crippen LogP contribution is 2.11. The van der Waals surface area contributed by atoms with Gasteiger partial charge in [-0.05, 0) is 38.1 Å². The quantitative estimate of drug-likeness (QED) is 0.712. The monoisotopic (exact) mass is 285 g/mol. The standard InChI is InChI=1S/C12H19N3O3S/c1-12(2,13)8-15-19(17,18)10-6-4-9(5-7-10)11(16)14-3/h4-7,15H,8,13H2,1-3H3,(H,14,16). The second kappa shape index (κ2) is 5.68. The van der Waals surface area contributed by atoms with Crippen LogP contribution in [0.1, 0.15) is 24.2 Å². The fourth-order valence-corrected chi connectivity index (χ4v) is 2.52. The molecule has 0 spiro atoms. The summed E-state index contributed by atoms with van der Waals surface area (Å²) in [5.41, 5.74) is 5.50. The molecule has 19 heavy (non-hydrogen) atoms. The summed E-state index contributed by atoms with van der Waals surface area (Å²) in [4.78, 5) is 11.4. The first kappa shape index (κ1) is 15.6. The SMILES string of the molecule is CNC(=O)c1ccc(S(=O)(=O)NCC(C)(C)N)cc1. The van der Waals surface area contributed by atoms with Crippen molar-refractivity contribution in [2.75, 3.05) is 13.6 Å². The number of carbonyl (C=O) groups is 1. The third-order valence-electron chi connectivity index (χ3n) is 2.37. The van der Waals surface area contributed by atoms with Gasteiger partial charge < -0.3 is 11.1 Å². The molecule has 0 aliphatic heterocycles. The zero-order valence-electron chi connectivity index (χ0n) is 11.2. The van der Waals surface area contributed by atoms with Crippen molar-refractivity contribution in [1.82, 2.24) is 10.0 Å². The molecule has 0 unspecified atom stereocenters. The average Bonchev–Trinajstić information content (AvgIpc) is 2.35. The van der Waals surface area contributed by atoms with E-state index in [9.17, 15) is 13.2 Å². The normalized spacial score (nSPS) is 12.2. The van der Waals surface area contributed by atoms with Gasteiger partial charge in [0.2, 0.25) is 10.0 Å². The zero-order chi connectivity index (χ0) is 14.7. The van der Waals surface area contributed by atoms with Crippen LogP contribution in [-0.2, 0) is 10.0 Å². The predicted molar refractivity (Wildman–Crippen MR) is 73.3 cm³/mol. The first-order chi connectivity index (χ1) is 8.65. The molecule has 0 aliphatic rings. The predicted octanol–water partition coefficient (Wildman–Crippen LogP) is 0.0618. The highest BCUT2D eigenvalue weighted by atomic mass is 32.2. The first-order valence-corrected chi connectivity index (χ1v) is 7.25. The fourth-order valence-electron chi connectivity index (χ4n) is 1.29. The third-order valence-corrected chi connectivity index (χ3v) is 3.79. The van der Waals surface area contributed by atoms with Gasteiger partial charge in [-0.15, -0.1) is 0 Å². The molecule has 4 N–H and O–H groups in total. The Morgan fingerprint density at radius 1 is 1.26 bits per heavy atom. The molecule has 0 aliphatic carbocycles. The maximum Gasteiger partial charge on any atom is 0.251 e. The van der Waals surface area contributed by atoms with Crippen molar-refractivity contribution in [2.45, 2.75) is 24.3 Å². The number of benzene rings is 1. The van der Waals surface area contributed by atoms with Gasteiger partial charge in [0.25, 0.3) is 5.91 Å². The lowest BCUT2D eigenvalue weighted by Gasteiger charge is -2.18. The Kier molecular flexibility index (Phi) is 4.67. The van der Waals surface area contributed by atoms with Crippen LogP contribution in [0.5, 0.6) is 0 Å². The molecule has 106 valence electrons. The van der Waals surface area contributed by atoms with E-state index in [1.165, 1.54) is 31.3 Å². The summed E-state index contributed by atoms with van der Waals surface area (Å²) in [7, 11) is -2.09. The van der Waals surface area contributed by atoms with Gasteiger partial charge in [0.1, 0.15) is 0 Å². The van der Waals surface area contributed by atoms with E-state index >= 15 is 0 Å². The Morgan fingerprint density at radius 2 is 1.79 bits per heavy atom. The van der Waals surface area contributed by atoms with Gasteiger partial charge in [0, 0.05) is 24.7 Å². The van der Waals surface area contributed by atoms with Gasteiger partial charge in [-0.25, -0.2) is 13.1 Å². The van der Waals surface area contributed by atoms with Gasteiger partial charge in [-0.1, -0.05) is 0 Å². The third kappa shape index (κ3) is 4.62. The van der Waals surface area contributed by atoms with Gasteiger partial charge in [0.05, 0.1) is 4.90 Å². The van der Waals surface area contributed by atoms with Crippen molar-refractivity contribution in [3.8, 4) is 0 Å². The number of hydrogen-bond acceptors (Lipinski definition) is 4. The molecule has 1 rings (SSSR count). The van der Waals surface area contributed by atoms with Crippen molar-refractivity contribution >= 4 is 15.9 Å². The molecule has 0 saturated carbocycles. The molecule has 1 amide bonds. The zero-order valence-corrected chi connectivity index (χ0v) is 12.0. The maximum atomic E-state index is 12.0. The van der Waals surface area contributed by atoms with Gasteiger partial charge >= 0.3 is 0 Å². The minimum atomic E-state index is -3.60. The van der Waals surface area contributed by atoms with Crippen LogP contribution < -0.4 is 15.8 Å². The van der Waals surface area contributed by atoms with Crippen LogP contribution in [0.4, 0.5) is 0 Å². The lowest BCUT2D eigenvalue weighted by Crippen LogP contribution is -2.45. The Morgan fingerprint density at radius 3 is 2.21 bits per heavy atom. The molecule has 0 bridgehead atoms. The van der Waals surface area contributed by atoms with Crippen LogP contribution in [-0.4, -0.2) is 33.5 Å². The van der Waals surface area contributed by atoms with E-state index in [0.29, 0.717) is 5.56 Å². The van der Waals surface area contributed by atoms with E-state index in [0.717, 1.165) is 0 Å². The van der Waals surface area contributed by atoms with Crippen LogP contribution in [0.2, 0.25) is 0 Å². The molecule has 1 aromatic carbocycles. The Balaban J connectivity index is 2.88. The molecule has 0 atom stereocenters. The Bertz CT molecular complexity index is 545. The van der Waals surface area contributed by atoms with Gasteiger partial charge in [-0.3, -0.25) is 4.79 Å². The molecule has 1 aromatic rings. The smallest absolute Gasteiger partial charge is 0.251 e. The van der Waals surface area contributed by atoms with Crippen molar-refractivity contribution < 1.29 is 13.2 Å². The Hall–Kier alpha value is -1.44. The van der Waals surface area contributed by atoms with Crippen molar-refractivity contribution in [2.24, 2.45) is 5.73 Å². The van der Waals surface area contributed by atoms with Crippen molar-refractivity contribution in [1.29, 1.82) is 0 Å². The highest BCUT2D eigenvalue weighted by molar-refractivity contribution is 7.89. The molecular formula is C12H19N3O3S. The first-order valence-electron chi connectivity index (χ1n) is 5.76. The van der Waals surface area contributed by atoms with Crippen molar-refractivity contribution in [3.63, 3.8) is 0 Å². The molecule has 0 saturated heterocycles. The number of nitrogens with one attached hydrogen (secondary N) is 2. The van der Waals surface area contributed by atoms with Crippen LogP contribution in [0.3, 0.4) is 0 Å². The number of nitrogens with two attached hydrogens (primary N) is 1. The summed E-state index contributed by atoms with van der Waals surface area (Å²) < 4.78 is 26.3. The second-order valence-electron chi connectivity index (χ2n) is 4.92. The summed E-state index contributed by atoms with van der Waals surface area (Å²) in [6.07, 6.45) is 0. The summed E-state index contributed by atoms with van der Waals surface area (Å²) in [6.45, 7) is 3.58. The summed E-state index contributed by atoms with van der Waals surface area (Å²) >= 11 is 0. The minimum absolute atomic E-state index is 0.101. The van der Waals surface area contributed by atoms with Gasteiger partial charge in [-0.2, -0.15) is 0 Å². The van der Waals surface area contributed by atoms with Crippen LogP contribution in [0.25, 0.3) is 0 Å². The largest absolute Gasteiger partial charge is 0.355 e. The van der Waals surface area contributed by atoms with E-state index in [-0.39, 0.29) is 17.3 Å². The molecule has 6 nitrogen and oxygen atoms in total. The minimum Gasteiger partial charge on any atom is -0.355 e. The molecule has 7 heteroatoms. The summed E-state index contributed by atoms with van der Waals surface area (Å²) in [6, 6.07) is 5.69. The van der Waals surface area contributed by atoms with Crippen LogP contribution in [0.15, 0.2) is 29.2 Å². The van der Waals surface area contributed by atoms with Gasteiger partial charge in [0.15, 0.2) is 0 Å². The number of carbonyl (C=O) groups excluding carboxylic acids is 1. The average molecular weight is 285 g/mol. The second-order valence-corrected chi connectivity index (χ2v) is 6.68. The van der Waals surface area contributed by atoms with E-state index in [1.807, 2.05) is 0 Å². The molecule has 0 radical (unpaired) electrons. The lowest BCUT2D eigenvalue weighted by molar-refractivity contribution is 0.0963. The lowest BCUT2D eigenvalue weighted by atomic mass is 10.1. The molecule has 0 heterocycles. The summed E-state index contributed by atoms with van der Waals surface area (Å²) in [5.74, 6) is -0.264. The molecule has 0 aromatic heterocycles. The van der Waals surface area contributed by atoms with E-state index in [2.05, 4.69) is 10.0 Å². The van der Waals surface area contributed by atoms with Crippen molar-refractivity contribution in [3.05, 3.63) is 29.8 Å².